The van der Waals surface area contributed by atoms with Crippen LogP contribution in [0.1, 0.15) is 26.7 Å². The van der Waals surface area contributed by atoms with Gasteiger partial charge in [0.1, 0.15) is 0 Å². The van der Waals surface area contributed by atoms with Gasteiger partial charge in [0.15, 0.2) is 0 Å². The highest BCUT2D eigenvalue weighted by atomic mass is 15.5. The van der Waals surface area contributed by atoms with E-state index in [2.05, 4.69) is 31.3 Å². The van der Waals surface area contributed by atoms with E-state index < -0.39 is 0 Å². The summed E-state index contributed by atoms with van der Waals surface area (Å²) in [5, 5.41) is 2.11. The van der Waals surface area contributed by atoms with Gasteiger partial charge in [-0.25, -0.2) is 5.01 Å². The summed E-state index contributed by atoms with van der Waals surface area (Å²) in [4.78, 5) is 0. The molecule has 2 heteroatoms. The number of rotatable bonds is 5. The molecule has 0 saturated carbocycles. The third-order valence-electron chi connectivity index (χ3n) is 1.66. The minimum atomic E-state index is 0.838. The summed E-state index contributed by atoms with van der Waals surface area (Å²) >= 11 is 0. The molecule has 0 aromatic rings. The van der Waals surface area contributed by atoms with Crippen LogP contribution in [0.3, 0.4) is 0 Å². The second-order valence-electron chi connectivity index (χ2n) is 3.18. The van der Waals surface area contributed by atoms with Crippen molar-refractivity contribution in [2.24, 2.45) is 5.92 Å². The Balaban J connectivity index is 3.03. The Morgan fingerprint density at radius 2 is 2.00 bits per heavy atom. The maximum absolute atomic E-state index is 3.07. The fourth-order valence-corrected chi connectivity index (χ4v) is 0.849. The van der Waals surface area contributed by atoms with Gasteiger partial charge in [-0.1, -0.05) is 13.8 Å². The van der Waals surface area contributed by atoms with Crippen LogP contribution in [-0.4, -0.2) is 25.6 Å². The van der Waals surface area contributed by atoms with Crippen LogP contribution in [0.15, 0.2) is 0 Å². The molecule has 1 N–H and O–H groups in total. The molecule has 0 aliphatic heterocycles. The van der Waals surface area contributed by atoms with Crippen molar-refractivity contribution in [2.45, 2.75) is 26.7 Å². The molecule has 10 heavy (non-hydrogen) atoms. The molecular weight excluding hydrogens is 124 g/mol. The SMILES string of the molecule is CNN(C)CCCC(C)C. The minimum Gasteiger partial charge on any atom is -0.259 e. The van der Waals surface area contributed by atoms with Crippen molar-refractivity contribution in [1.82, 2.24) is 10.4 Å². The number of hydrazine groups is 1. The quantitative estimate of drug-likeness (QED) is 0.588. The Bertz CT molecular complexity index is 71.7. The number of nitrogens with zero attached hydrogens (tertiary/aromatic N) is 1. The van der Waals surface area contributed by atoms with E-state index in [1.165, 1.54) is 12.8 Å². The lowest BCUT2D eigenvalue weighted by Crippen LogP contribution is -2.31. The summed E-state index contributed by atoms with van der Waals surface area (Å²) in [6, 6.07) is 0. The van der Waals surface area contributed by atoms with Crippen LogP contribution in [0.2, 0.25) is 0 Å². The van der Waals surface area contributed by atoms with Crippen molar-refractivity contribution in [2.75, 3.05) is 20.6 Å². The lowest BCUT2D eigenvalue weighted by atomic mass is 10.1. The summed E-state index contributed by atoms with van der Waals surface area (Å²) in [7, 11) is 4.02. The number of nitrogens with one attached hydrogen (secondary N) is 1. The van der Waals surface area contributed by atoms with Crippen molar-refractivity contribution in [3.63, 3.8) is 0 Å². The molecule has 0 aliphatic carbocycles. The second kappa shape index (κ2) is 5.69. The van der Waals surface area contributed by atoms with Crippen LogP contribution < -0.4 is 5.43 Å². The van der Waals surface area contributed by atoms with Gasteiger partial charge >= 0.3 is 0 Å². The van der Waals surface area contributed by atoms with E-state index in [4.69, 9.17) is 0 Å². The van der Waals surface area contributed by atoms with Crippen molar-refractivity contribution in [3.05, 3.63) is 0 Å². The van der Waals surface area contributed by atoms with E-state index in [-0.39, 0.29) is 0 Å². The fourth-order valence-electron chi connectivity index (χ4n) is 0.849. The Morgan fingerprint density at radius 1 is 1.40 bits per heavy atom. The van der Waals surface area contributed by atoms with E-state index in [0.717, 1.165) is 12.5 Å². The third kappa shape index (κ3) is 6.05. The van der Waals surface area contributed by atoms with E-state index in [0.29, 0.717) is 0 Å². The van der Waals surface area contributed by atoms with Crippen LogP contribution >= 0.6 is 0 Å². The molecule has 0 atom stereocenters. The Kier molecular flexibility index (Phi) is 5.64. The predicted octanol–water partition coefficient (Wildman–Crippen LogP) is 1.49. The highest BCUT2D eigenvalue weighted by molar-refractivity contribution is 4.48. The maximum atomic E-state index is 3.07. The van der Waals surface area contributed by atoms with Crippen molar-refractivity contribution >= 4 is 0 Å². The zero-order valence-electron chi connectivity index (χ0n) is 7.65. The Morgan fingerprint density at radius 3 is 2.40 bits per heavy atom. The average molecular weight is 144 g/mol. The lowest BCUT2D eigenvalue weighted by Gasteiger charge is -2.14. The average Bonchev–Trinajstić information content (AvgIpc) is 1.87. The first-order chi connectivity index (χ1) is 4.66. The van der Waals surface area contributed by atoms with E-state index in [1.54, 1.807) is 0 Å². The smallest absolute Gasteiger partial charge is 0.0127 e. The van der Waals surface area contributed by atoms with Crippen molar-refractivity contribution in [3.8, 4) is 0 Å². The normalized spacial score (nSPS) is 11.4. The molecule has 0 heterocycles. The molecule has 2 nitrogen and oxygen atoms in total. The van der Waals surface area contributed by atoms with Crippen LogP contribution in [-0.2, 0) is 0 Å². The number of hydrogen-bond acceptors (Lipinski definition) is 2. The van der Waals surface area contributed by atoms with Gasteiger partial charge in [0.2, 0.25) is 0 Å². The predicted molar refractivity (Wildman–Crippen MR) is 45.8 cm³/mol. The van der Waals surface area contributed by atoms with Crippen LogP contribution in [0.25, 0.3) is 0 Å². The molecule has 0 aromatic heterocycles. The van der Waals surface area contributed by atoms with Crippen LogP contribution in [0.4, 0.5) is 0 Å². The Labute approximate surface area is 64.6 Å². The molecular formula is C8H20N2. The molecule has 0 aliphatic rings. The van der Waals surface area contributed by atoms with Gasteiger partial charge in [0.25, 0.3) is 0 Å². The molecule has 0 fully saturated rings. The van der Waals surface area contributed by atoms with Gasteiger partial charge in [-0.15, -0.1) is 0 Å². The zero-order valence-corrected chi connectivity index (χ0v) is 7.65. The largest absolute Gasteiger partial charge is 0.259 e. The maximum Gasteiger partial charge on any atom is 0.0127 e. The standard InChI is InChI=1S/C8H20N2/c1-8(2)6-5-7-10(4)9-3/h8-9H,5-7H2,1-4H3. The molecule has 0 bridgehead atoms. The molecule has 0 aromatic carbocycles. The summed E-state index contributed by atoms with van der Waals surface area (Å²) < 4.78 is 0. The molecule has 62 valence electrons. The first kappa shape index (κ1) is 9.92. The second-order valence-corrected chi connectivity index (χ2v) is 3.18. The van der Waals surface area contributed by atoms with Gasteiger partial charge in [-0.05, 0) is 25.8 Å². The molecule has 0 amide bonds. The van der Waals surface area contributed by atoms with Gasteiger partial charge in [-0.3, -0.25) is 5.43 Å². The third-order valence-corrected chi connectivity index (χ3v) is 1.66. The fraction of sp³-hybridized carbons (Fsp3) is 1.00. The van der Waals surface area contributed by atoms with E-state index >= 15 is 0 Å². The highest BCUT2D eigenvalue weighted by Crippen LogP contribution is 2.02. The summed E-state index contributed by atoms with van der Waals surface area (Å²) in [5.74, 6) is 0.838. The molecule has 0 rings (SSSR count). The molecule has 0 saturated heterocycles. The molecule has 0 unspecified atom stereocenters. The summed E-state index contributed by atoms with van der Waals surface area (Å²) in [5.41, 5.74) is 3.07. The summed E-state index contributed by atoms with van der Waals surface area (Å²) in [6.45, 7) is 5.67. The topological polar surface area (TPSA) is 15.3 Å². The van der Waals surface area contributed by atoms with E-state index in [9.17, 15) is 0 Å². The zero-order chi connectivity index (χ0) is 7.98. The van der Waals surface area contributed by atoms with Crippen molar-refractivity contribution in [1.29, 1.82) is 0 Å². The van der Waals surface area contributed by atoms with E-state index in [1.807, 2.05) is 7.05 Å². The number of hydrogen-bond donors (Lipinski definition) is 1. The van der Waals surface area contributed by atoms with Gasteiger partial charge in [0, 0.05) is 13.6 Å². The highest BCUT2D eigenvalue weighted by Gasteiger charge is 1.95. The molecule has 0 spiro atoms. The summed E-state index contributed by atoms with van der Waals surface area (Å²) in [6.07, 6.45) is 2.61. The first-order valence-corrected chi connectivity index (χ1v) is 4.05. The molecule has 0 radical (unpaired) electrons. The lowest BCUT2D eigenvalue weighted by molar-refractivity contribution is 0.250. The van der Waals surface area contributed by atoms with Gasteiger partial charge in [-0.2, -0.15) is 0 Å². The Hall–Kier alpha value is -0.0800. The van der Waals surface area contributed by atoms with Crippen LogP contribution in [0.5, 0.6) is 0 Å². The minimum absolute atomic E-state index is 0.838. The monoisotopic (exact) mass is 144 g/mol. The van der Waals surface area contributed by atoms with Crippen molar-refractivity contribution < 1.29 is 0 Å². The van der Waals surface area contributed by atoms with Crippen LogP contribution in [0, 0.1) is 5.92 Å². The first-order valence-electron chi connectivity index (χ1n) is 4.05. The van der Waals surface area contributed by atoms with Gasteiger partial charge < -0.3 is 0 Å². The van der Waals surface area contributed by atoms with Gasteiger partial charge in [0.05, 0.1) is 0 Å².